The third-order valence-electron chi connectivity index (χ3n) is 2.32. The van der Waals surface area contributed by atoms with Crippen molar-refractivity contribution in [3.63, 3.8) is 0 Å². The van der Waals surface area contributed by atoms with Gasteiger partial charge in [0, 0.05) is 5.97 Å². The van der Waals surface area contributed by atoms with E-state index in [1.165, 1.54) is 7.11 Å². The second kappa shape index (κ2) is 5.90. The van der Waals surface area contributed by atoms with Gasteiger partial charge in [-0.3, -0.25) is 4.79 Å². The summed E-state index contributed by atoms with van der Waals surface area (Å²) in [4.78, 5) is 21.7. The molecule has 16 heavy (non-hydrogen) atoms. The molecule has 0 amide bonds. The fraction of sp³-hybridized carbons (Fsp3) is 0.333. The van der Waals surface area contributed by atoms with Gasteiger partial charge in [-0.15, -0.1) is 0 Å². The lowest BCUT2D eigenvalue weighted by Crippen LogP contribution is -2.25. The van der Waals surface area contributed by atoms with Gasteiger partial charge >= 0.3 is 5.97 Å². The van der Waals surface area contributed by atoms with Crippen LogP contribution in [0.3, 0.4) is 0 Å². The molecular weight excluding hydrogens is 208 g/mol. The van der Waals surface area contributed by atoms with E-state index in [-0.39, 0.29) is 12.8 Å². The molecule has 0 aliphatic rings. The molecule has 4 nitrogen and oxygen atoms in total. The first-order valence-corrected chi connectivity index (χ1v) is 4.95. The number of carbonyl (C=O) groups excluding carboxylic acids is 2. The number of esters is 1. The molecule has 0 N–H and O–H groups in total. The van der Waals surface area contributed by atoms with Crippen molar-refractivity contribution in [2.75, 3.05) is 7.11 Å². The summed E-state index contributed by atoms with van der Waals surface area (Å²) >= 11 is 0. The quantitative estimate of drug-likeness (QED) is 0.678. The van der Waals surface area contributed by atoms with Gasteiger partial charge in [-0.2, -0.15) is 0 Å². The Bertz CT molecular complexity index is 359. The molecule has 1 unspecified atom stereocenters. The minimum atomic E-state index is -1.17. The summed E-state index contributed by atoms with van der Waals surface area (Å²) in [7, 11) is 1.28. The number of carbonyl (C=O) groups is 2. The largest absolute Gasteiger partial charge is 0.550 e. The van der Waals surface area contributed by atoms with Crippen molar-refractivity contribution in [1.29, 1.82) is 0 Å². The van der Waals surface area contributed by atoms with Crippen LogP contribution >= 0.6 is 0 Å². The molecular formula is C12H13O4-. The van der Waals surface area contributed by atoms with Crippen molar-refractivity contribution in [1.82, 2.24) is 0 Å². The molecule has 0 spiro atoms. The summed E-state index contributed by atoms with van der Waals surface area (Å²) < 4.78 is 4.53. The molecule has 0 heterocycles. The Hall–Kier alpha value is -1.84. The third kappa shape index (κ3) is 3.73. The van der Waals surface area contributed by atoms with E-state index in [0.29, 0.717) is 0 Å². The predicted molar refractivity (Wildman–Crippen MR) is 55.4 cm³/mol. The Balaban J connectivity index is 2.79. The van der Waals surface area contributed by atoms with Crippen molar-refractivity contribution in [2.45, 2.75) is 18.8 Å². The Kier molecular flexibility index (Phi) is 4.51. The summed E-state index contributed by atoms with van der Waals surface area (Å²) in [5.74, 6) is -1.98. The monoisotopic (exact) mass is 221 g/mol. The first-order valence-electron chi connectivity index (χ1n) is 4.95. The number of ether oxygens (including phenoxy) is 1. The zero-order valence-corrected chi connectivity index (χ0v) is 9.01. The molecule has 0 fully saturated rings. The molecule has 0 aliphatic carbocycles. The lowest BCUT2D eigenvalue weighted by atomic mass is 9.93. The molecule has 0 aromatic heterocycles. The fourth-order valence-corrected chi connectivity index (χ4v) is 1.52. The zero-order valence-electron chi connectivity index (χ0n) is 9.01. The molecule has 4 heteroatoms. The number of benzene rings is 1. The van der Waals surface area contributed by atoms with Crippen LogP contribution in [0.15, 0.2) is 30.3 Å². The van der Waals surface area contributed by atoms with E-state index in [2.05, 4.69) is 4.74 Å². The van der Waals surface area contributed by atoms with Crippen molar-refractivity contribution >= 4 is 11.9 Å². The second-order valence-electron chi connectivity index (χ2n) is 3.46. The molecule has 1 atom stereocenters. The van der Waals surface area contributed by atoms with Crippen LogP contribution < -0.4 is 5.11 Å². The van der Waals surface area contributed by atoms with Crippen LogP contribution in [0.2, 0.25) is 0 Å². The number of rotatable bonds is 5. The van der Waals surface area contributed by atoms with Gasteiger partial charge < -0.3 is 14.6 Å². The van der Waals surface area contributed by atoms with Gasteiger partial charge in [0.15, 0.2) is 0 Å². The van der Waals surface area contributed by atoms with E-state index in [1.54, 1.807) is 24.3 Å². The van der Waals surface area contributed by atoms with Crippen molar-refractivity contribution in [2.24, 2.45) is 0 Å². The first-order chi connectivity index (χ1) is 7.63. The molecule has 0 saturated carbocycles. The molecule has 1 aromatic carbocycles. The van der Waals surface area contributed by atoms with Crippen molar-refractivity contribution in [3.8, 4) is 0 Å². The fourth-order valence-electron chi connectivity index (χ4n) is 1.52. The number of aliphatic carboxylic acids is 1. The maximum Gasteiger partial charge on any atom is 0.306 e. The zero-order chi connectivity index (χ0) is 12.0. The molecule has 1 aromatic rings. The number of carboxylic acid groups (broad SMARTS) is 1. The molecule has 0 aliphatic heterocycles. The van der Waals surface area contributed by atoms with Gasteiger partial charge in [-0.05, 0) is 17.9 Å². The number of methoxy groups -OCH3 is 1. The van der Waals surface area contributed by atoms with Gasteiger partial charge in [0.25, 0.3) is 0 Å². The van der Waals surface area contributed by atoms with Crippen molar-refractivity contribution < 1.29 is 19.4 Å². The lowest BCUT2D eigenvalue weighted by molar-refractivity contribution is -0.306. The minimum Gasteiger partial charge on any atom is -0.550 e. The lowest BCUT2D eigenvalue weighted by Gasteiger charge is -2.16. The number of hydrogen-bond acceptors (Lipinski definition) is 4. The summed E-state index contributed by atoms with van der Waals surface area (Å²) in [5.41, 5.74) is 0.803. The molecule has 0 saturated heterocycles. The van der Waals surface area contributed by atoms with Crippen LogP contribution in [-0.4, -0.2) is 19.0 Å². The predicted octanol–water partition coefficient (Wildman–Crippen LogP) is 0.473. The minimum absolute atomic E-state index is 0.0501. The summed E-state index contributed by atoms with van der Waals surface area (Å²) in [6.07, 6.45) is -0.131. The average Bonchev–Trinajstić information content (AvgIpc) is 2.28. The summed E-state index contributed by atoms with van der Waals surface area (Å²) in [5, 5.41) is 10.6. The maximum atomic E-state index is 11.1. The molecule has 1 rings (SSSR count). The smallest absolute Gasteiger partial charge is 0.306 e. The van der Waals surface area contributed by atoms with Gasteiger partial charge in [-0.25, -0.2) is 0 Å². The van der Waals surface area contributed by atoms with E-state index in [0.717, 1.165) is 5.56 Å². The summed E-state index contributed by atoms with van der Waals surface area (Å²) in [6, 6.07) is 9.01. The topological polar surface area (TPSA) is 66.4 Å². The Morgan fingerprint density at radius 1 is 1.25 bits per heavy atom. The van der Waals surface area contributed by atoms with E-state index >= 15 is 0 Å². The van der Waals surface area contributed by atoms with Crippen molar-refractivity contribution in [3.05, 3.63) is 35.9 Å². The highest BCUT2D eigenvalue weighted by Crippen LogP contribution is 2.23. The van der Waals surface area contributed by atoms with Crippen LogP contribution in [0.25, 0.3) is 0 Å². The Labute approximate surface area is 93.9 Å². The van der Waals surface area contributed by atoms with Gasteiger partial charge in [0.05, 0.1) is 13.5 Å². The van der Waals surface area contributed by atoms with Crippen LogP contribution in [-0.2, 0) is 14.3 Å². The van der Waals surface area contributed by atoms with Crippen LogP contribution in [0.4, 0.5) is 0 Å². The van der Waals surface area contributed by atoms with E-state index in [4.69, 9.17) is 0 Å². The Morgan fingerprint density at radius 2 is 1.88 bits per heavy atom. The first kappa shape index (κ1) is 12.2. The number of carboxylic acids is 1. The standard InChI is InChI=1S/C12H14O4/c1-16-12(15)8-10(7-11(13)14)9-5-3-2-4-6-9/h2-6,10H,7-8H2,1H3,(H,13,14)/p-1. The Morgan fingerprint density at radius 3 is 2.38 bits per heavy atom. The second-order valence-corrected chi connectivity index (χ2v) is 3.46. The van der Waals surface area contributed by atoms with E-state index in [9.17, 15) is 14.7 Å². The highest BCUT2D eigenvalue weighted by molar-refractivity contribution is 5.72. The molecule has 0 bridgehead atoms. The maximum absolute atomic E-state index is 11.1. The summed E-state index contributed by atoms with van der Waals surface area (Å²) in [6.45, 7) is 0. The van der Waals surface area contributed by atoms with Crippen LogP contribution in [0.1, 0.15) is 24.3 Å². The highest BCUT2D eigenvalue weighted by Gasteiger charge is 2.16. The highest BCUT2D eigenvalue weighted by atomic mass is 16.5. The SMILES string of the molecule is COC(=O)CC(CC(=O)[O-])c1ccccc1. The average molecular weight is 221 g/mol. The normalized spacial score (nSPS) is 11.8. The van der Waals surface area contributed by atoms with Crippen LogP contribution in [0, 0.1) is 0 Å². The van der Waals surface area contributed by atoms with E-state index < -0.39 is 17.9 Å². The van der Waals surface area contributed by atoms with Gasteiger partial charge in [0.1, 0.15) is 0 Å². The van der Waals surface area contributed by atoms with Gasteiger partial charge in [-0.1, -0.05) is 30.3 Å². The third-order valence-corrected chi connectivity index (χ3v) is 2.32. The molecule has 86 valence electrons. The van der Waals surface area contributed by atoms with E-state index in [1.807, 2.05) is 6.07 Å². The number of hydrogen-bond donors (Lipinski definition) is 0. The van der Waals surface area contributed by atoms with Gasteiger partial charge in [0.2, 0.25) is 0 Å². The molecule has 0 radical (unpaired) electrons. The van der Waals surface area contributed by atoms with Crippen LogP contribution in [0.5, 0.6) is 0 Å².